The quantitative estimate of drug-likeness (QED) is 0.344. The smallest absolute Gasteiger partial charge is 0.251 e. The van der Waals surface area contributed by atoms with Gasteiger partial charge >= 0.3 is 0 Å². The molecule has 1 aliphatic heterocycles. The summed E-state index contributed by atoms with van der Waals surface area (Å²) in [5, 5.41) is 16.8. The summed E-state index contributed by atoms with van der Waals surface area (Å²) in [5.74, 6) is 0.283. The lowest BCUT2D eigenvalue weighted by Gasteiger charge is -2.26. The molecule has 0 unspecified atom stereocenters. The van der Waals surface area contributed by atoms with Gasteiger partial charge in [0, 0.05) is 54.9 Å². The molecule has 172 valence electrons. The number of halogens is 1. The maximum absolute atomic E-state index is 12.6. The number of benzene rings is 1. The monoisotopic (exact) mass is 469 g/mol. The zero-order valence-electron chi connectivity index (χ0n) is 17.8. The summed E-state index contributed by atoms with van der Waals surface area (Å²) in [6.07, 6.45) is 3.61. The number of carbonyl (C=O) groups is 1. The van der Waals surface area contributed by atoms with Crippen LogP contribution in [-0.4, -0.2) is 64.8 Å². The molecule has 4 aromatic rings. The Morgan fingerprint density at radius 1 is 1.18 bits per heavy atom. The first-order valence-corrected chi connectivity index (χ1v) is 10.5. The Bertz CT molecular complexity index is 1340. The summed E-state index contributed by atoms with van der Waals surface area (Å²) in [5.41, 5.74) is 2.56. The summed E-state index contributed by atoms with van der Waals surface area (Å²) in [4.78, 5) is 19.3. The third-order valence-corrected chi connectivity index (χ3v) is 5.60. The van der Waals surface area contributed by atoms with Gasteiger partial charge in [-0.3, -0.25) is 9.69 Å². The van der Waals surface area contributed by atoms with E-state index in [9.17, 15) is 10.0 Å². The molecule has 1 aliphatic rings. The number of fused-ring (bicyclic) bond motifs is 2. The Morgan fingerprint density at radius 2 is 2.03 bits per heavy atom. The highest BCUT2D eigenvalue weighted by molar-refractivity contribution is 5.97. The molecule has 2 N–H and O–H groups in total. The first kappa shape index (κ1) is 22.8. The predicted octanol–water partition coefficient (Wildman–Crippen LogP) is 2.52. The number of morpholine rings is 1. The van der Waals surface area contributed by atoms with Crippen molar-refractivity contribution in [1.82, 2.24) is 19.6 Å². The van der Waals surface area contributed by atoms with Crippen LogP contribution in [0.25, 0.3) is 27.9 Å². The van der Waals surface area contributed by atoms with E-state index < -0.39 is 0 Å². The van der Waals surface area contributed by atoms with Crippen LogP contribution in [0.4, 0.5) is 0 Å². The fourth-order valence-corrected chi connectivity index (χ4v) is 3.84. The molecule has 1 amide bonds. The Labute approximate surface area is 195 Å². The number of rotatable bonds is 5. The van der Waals surface area contributed by atoms with Crippen LogP contribution in [0.2, 0.25) is 0 Å². The molecule has 0 bridgehead atoms. The molecule has 0 aliphatic carbocycles. The van der Waals surface area contributed by atoms with Crippen molar-refractivity contribution in [3.05, 3.63) is 65.9 Å². The van der Waals surface area contributed by atoms with E-state index in [-0.39, 0.29) is 18.3 Å². The molecule has 1 fully saturated rings. The molecule has 3 aromatic heterocycles. The molecule has 5 rings (SSSR count). The van der Waals surface area contributed by atoms with Crippen molar-refractivity contribution in [3.8, 4) is 11.5 Å². The third kappa shape index (κ3) is 4.85. The molecule has 0 radical (unpaired) electrons. The van der Waals surface area contributed by atoms with E-state index >= 15 is 0 Å². The first-order chi connectivity index (χ1) is 15.7. The minimum absolute atomic E-state index is 0. The molecule has 4 heterocycles. The Balaban J connectivity index is 0.00000259. The van der Waals surface area contributed by atoms with Crippen LogP contribution in [0.15, 0.2) is 64.6 Å². The van der Waals surface area contributed by atoms with E-state index in [1.807, 2.05) is 28.8 Å². The van der Waals surface area contributed by atoms with E-state index in [1.165, 1.54) is 0 Å². The maximum atomic E-state index is 12.6. The summed E-state index contributed by atoms with van der Waals surface area (Å²) < 4.78 is 13.3. The van der Waals surface area contributed by atoms with E-state index in [4.69, 9.17) is 9.15 Å². The minimum Gasteiger partial charge on any atom is -0.454 e. The van der Waals surface area contributed by atoms with Gasteiger partial charge in [-0.15, -0.1) is 12.4 Å². The van der Waals surface area contributed by atoms with Crippen LogP contribution in [0.5, 0.6) is 0 Å². The lowest BCUT2D eigenvalue weighted by atomic mass is 10.1. The van der Waals surface area contributed by atoms with Crippen LogP contribution in [0, 0.1) is 0 Å². The summed E-state index contributed by atoms with van der Waals surface area (Å²) in [6.45, 7) is 4.54. The standard InChI is InChI=1S/C23H23N5O4.ClH/c29-23(24-5-7-27-8-10-31-11-9-27)16-3-4-21-18(12-16)19(26-30)14-22(32-21)20-13-17-2-1-6-28(17)15-25-20;/h1-4,6,12-15,30H,5,7-11H2,(H,24,29);1H. The Kier molecular flexibility index (Phi) is 6.93. The van der Waals surface area contributed by atoms with Gasteiger partial charge in [-0.25, -0.2) is 4.98 Å². The zero-order valence-corrected chi connectivity index (χ0v) is 18.6. The fraction of sp³-hybridized carbons (Fsp3) is 0.261. The molecular weight excluding hydrogens is 446 g/mol. The van der Waals surface area contributed by atoms with Gasteiger partial charge in [-0.2, -0.15) is 0 Å². The van der Waals surface area contributed by atoms with Gasteiger partial charge in [0.05, 0.1) is 19.5 Å². The molecule has 0 spiro atoms. The summed E-state index contributed by atoms with van der Waals surface area (Å²) in [6, 6.07) is 12.5. The molecule has 1 aromatic carbocycles. The van der Waals surface area contributed by atoms with Crippen molar-refractivity contribution in [3.63, 3.8) is 0 Å². The van der Waals surface area contributed by atoms with Crippen molar-refractivity contribution < 1.29 is 19.2 Å². The van der Waals surface area contributed by atoms with Crippen LogP contribution < -0.4 is 10.7 Å². The number of nitrogens with zero attached hydrogens (tertiary/aromatic N) is 4. The summed E-state index contributed by atoms with van der Waals surface area (Å²) in [7, 11) is 0. The SMILES string of the molecule is Cl.O=C(NCCN1CCOCC1)c1ccc2oc(-c3cc4cccn4cn3)cc(=NO)c2c1. The number of ether oxygens (including phenoxy) is 1. The Morgan fingerprint density at radius 3 is 2.85 bits per heavy atom. The molecule has 10 heteroatoms. The highest BCUT2D eigenvalue weighted by Gasteiger charge is 2.13. The second-order valence-electron chi connectivity index (χ2n) is 7.63. The van der Waals surface area contributed by atoms with Crippen molar-refractivity contribution in [2.45, 2.75) is 0 Å². The molecule has 0 atom stereocenters. The van der Waals surface area contributed by atoms with Gasteiger partial charge < -0.3 is 24.1 Å². The van der Waals surface area contributed by atoms with E-state index in [0.717, 1.165) is 38.4 Å². The van der Waals surface area contributed by atoms with Gasteiger partial charge in [-0.05, 0) is 36.4 Å². The average molecular weight is 470 g/mol. The average Bonchev–Trinajstić information content (AvgIpc) is 3.31. The lowest BCUT2D eigenvalue weighted by Crippen LogP contribution is -2.41. The first-order valence-electron chi connectivity index (χ1n) is 10.5. The zero-order chi connectivity index (χ0) is 21.9. The Hall–Kier alpha value is -3.40. The number of aromatic nitrogens is 2. The van der Waals surface area contributed by atoms with E-state index in [1.54, 1.807) is 30.6 Å². The number of hydrogen-bond donors (Lipinski definition) is 2. The predicted molar refractivity (Wildman–Crippen MR) is 125 cm³/mol. The number of nitrogens with one attached hydrogen (secondary N) is 1. The molecule has 0 saturated carbocycles. The second-order valence-corrected chi connectivity index (χ2v) is 7.63. The van der Waals surface area contributed by atoms with Crippen LogP contribution in [0.3, 0.4) is 0 Å². The number of hydrogen-bond acceptors (Lipinski definition) is 7. The maximum Gasteiger partial charge on any atom is 0.251 e. The van der Waals surface area contributed by atoms with Gasteiger partial charge in [0.25, 0.3) is 5.91 Å². The summed E-state index contributed by atoms with van der Waals surface area (Å²) >= 11 is 0. The van der Waals surface area contributed by atoms with E-state index in [0.29, 0.717) is 39.9 Å². The van der Waals surface area contributed by atoms with Gasteiger partial charge in [0.2, 0.25) is 0 Å². The van der Waals surface area contributed by atoms with Crippen LogP contribution >= 0.6 is 12.4 Å². The number of amides is 1. The normalized spacial score (nSPS) is 15.0. The topological polar surface area (TPSA) is 105 Å². The van der Waals surface area contributed by atoms with Crippen LogP contribution in [0.1, 0.15) is 10.4 Å². The molecular formula is C23H24ClN5O4. The molecule has 1 saturated heterocycles. The van der Waals surface area contributed by atoms with Crippen molar-refractivity contribution in [1.29, 1.82) is 0 Å². The third-order valence-electron chi connectivity index (χ3n) is 5.60. The highest BCUT2D eigenvalue weighted by Crippen LogP contribution is 2.22. The van der Waals surface area contributed by atoms with Gasteiger partial charge in [0.15, 0.2) is 5.76 Å². The lowest BCUT2D eigenvalue weighted by molar-refractivity contribution is 0.0383. The van der Waals surface area contributed by atoms with Crippen molar-refractivity contribution >= 4 is 34.8 Å². The van der Waals surface area contributed by atoms with E-state index in [2.05, 4.69) is 20.4 Å². The second kappa shape index (κ2) is 10.0. The van der Waals surface area contributed by atoms with Crippen LogP contribution in [-0.2, 0) is 4.74 Å². The molecule has 9 nitrogen and oxygen atoms in total. The highest BCUT2D eigenvalue weighted by atomic mass is 35.5. The van der Waals surface area contributed by atoms with Crippen molar-refractivity contribution in [2.75, 3.05) is 39.4 Å². The van der Waals surface area contributed by atoms with Gasteiger partial charge in [-0.1, -0.05) is 5.16 Å². The minimum atomic E-state index is -0.187. The fourth-order valence-electron chi connectivity index (χ4n) is 3.84. The molecule has 33 heavy (non-hydrogen) atoms. The number of carbonyl (C=O) groups excluding carboxylic acids is 1. The van der Waals surface area contributed by atoms with Crippen molar-refractivity contribution in [2.24, 2.45) is 5.16 Å². The van der Waals surface area contributed by atoms with Gasteiger partial charge in [0.1, 0.15) is 16.6 Å². The largest absolute Gasteiger partial charge is 0.454 e.